The molecule has 2 atom stereocenters. The van der Waals surface area contributed by atoms with Gasteiger partial charge in [0.05, 0.1) is 28.2 Å². The number of benzene rings is 4. The van der Waals surface area contributed by atoms with Crippen LogP contribution in [0.4, 0.5) is 15.3 Å². The number of carbonyl (C=O) groups is 4. The van der Waals surface area contributed by atoms with E-state index in [9.17, 15) is 24.0 Å². The summed E-state index contributed by atoms with van der Waals surface area (Å²) in [5, 5.41) is 3.23. The van der Waals surface area contributed by atoms with E-state index in [1.165, 1.54) is 4.90 Å². The van der Waals surface area contributed by atoms with Crippen LogP contribution in [0.15, 0.2) is 111 Å². The van der Waals surface area contributed by atoms with Crippen LogP contribution in [0.5, 0.6) is 0 Å². The van der Waals surface area contributed by atoms with Gasteiger partial charge in [-0.15, -0.1) is 0 Å². The molecule has 7 rings (SSSR count). The number of hydrogen-bond acceptors (Lipinski definition) is 8. The number of hydrogen-bond donors (Lipinski definition) is 3. The number of aromatic amines is 1. The van der Waals surface area contributed by atoms with Crippen LogP contribution in [0.3, 0.4) is 0 Å². The molecule has 17 heteroatoms. The number of ether oxygens (including phenoxy) is 2. The molecule has 0 bridgehead atoms. The molecular formula is C40H42Br2N6O7S2. The van der Waals surface area contributed by atoms with Crippen LogP contribution in [0.2, 0.25) is 0 Å². The van der Waals surface area contributed by atoms with Crippen molar-refractivity contribution >= 4 is 99.4 Å². The van der Waals surface area contributed by atoms with E-state index in [2.05, 4.69) is 47.1 Å². The molecule has 1 aromatic heterocycles. The smallest absolute Gasteiger partial charge is 0.410 e. The van der Waals surface area contributed by atoms with Crippen molar-refractivity contribution in [1.82, 2.24) is 19.8 Å². The number of likely N-dealkylation sites (tertiary alicyclic amines) is 2. The first-order chi connectivity index (χ1) is 26.6. The Balaban J connectivity index is 0.000000244. The van der Waals surface area contributed by atoms with Gasteiger partial charge in [-0.3, -0.25) is 24.2 Å². The Morgan fingerprint density at radius 3 is 1.96 bits per heavy atom. The van der Waals surface area contributed by atoms with Gasteiger partial charge in [0.15, 0.2) is 0 Å². The van der Waals surface area contributed by atoms with Gasteiger partial charge in [-0.2, -0.15) is 27.0 Å². The summed E-state index contributed by atoms with van der Waals surface area (Å²) in [5.74, 6) is -0.523. The minimum Gasteiger partial charge on any atom is -0.445 e. The third-order valence-corrected chi connectivity index (χ3v) is 10.2. The fourth-order valence-corrected chi connectivity index (χ4v) is 7.19. The Labute approximate surface area is 359 Å². The van der Waals surface area contributed by atoms with Gasteiger partial charge >= 0.3 is 12.2 Å². The van der Waals surface area contributed by atoms with Gasteiger partial charge in [-0.1, -0.05) is 92.5 Å². The van der Waals surface area contributed by atoms with E-state index in [-0.39, 0.29) is 69.4 Å². The van der Waals surface area contributed by atoms with Crippen molar-refractivity contribution < 1.29 is 28.7 Å². The molecule has 4 N–H and O–H groups in total. The van der Waals surface area contributed by atoms with Crippen LogP contribution >= 0.6 is 58.9 Å². The number of H-pyrrole nitrogens is 1. The average Bonchev–Trinajstić information content (AvgIpc) is 3.89. The highest BCUT2D eigenvalue weighted by Crippen LogP contribution is 2.31. The number of nitrogens with zero attached hydrogens (tertiary/aromatic N) is 3. The molecule has 4 aromatic carbocycles. The maximum atomic E-state index is 12.7. The van der Waals surface area contributed by atoms with Gasteiger partial charge in [0.25, 0.3) is 11.5 Å². The van der Waals surface area contributed by atoms with Gasteiger partial charge in [-0.25, -0.2) is 14.6 Å². The largest absolute Gasteiger partial charge is 0.445 e. The van der Waals surface area contributed by atoms with E-state index in [1.807, 2.05) is 66.7 Å². The Bertz CT molecular complexity index is 2250. The molecule has 5 aromatic rings. The first kappa shape index (κ1) is 44.9. The molecule has 4 amide bonds. The molecule has 0 radical (unpaired) electrons. The Morgan fingerprint density at radius 2 is 1.33 bits per heavy atom. The zero-order valence-corrected chi connectivity index (χ0v) is 35.8. The number of primary amides is 1. The first-order valence-corrected chi connectivity index (χ1v) is 19.2. The van der Waals surface area contributed by atoms with E-state index >= 15 is 0 Å². The predicted octanol–water partition coefficient (Wildman–Crippen LogP) is 7.67. The second-order valence-corrected chi connectivity index (χ2v) is 14.8. The number of rotatable bonds is 8. The third-order valence-electron chi connectivity index (χ3n) is 9.19. The number of nitrogens with two attached hydrogens (primary N) is 1. The van der Waals surface area contributed by atoms with Crippen LogP contribution in [0.25, 0.3) is 10.9 Å². The van der Waals surface area contributed by atoms with E-state index < -0.39 is 18.0 Å². The fourth-order valence-electron chi connectivity index (χ4n) is 6.46. The Hall–Kier alpha value is -4.84. The van der Waals surface area contributed by atoms with Gasteiger partial charge in [0.1, 0.15) is 25.1 Å². The number of nitrogens with one attached hydrogen (secondary N) is 2. The lowest BCUT2D eigenvalue weighted by atomic mass is 10.1. The minimum absolute atomic E-state index is 0. The van der Waals surface area contributed by atoms with Crippen molar-refractivity contribution in [2.45, 2.75) is 51.0 Å². The van der Waals surface area contributed by atoms with Gasteiger partial charge in [0.2, 0.25) is 5.91 Å². The molecule has 2 aliphatic rings. The molecule has 2 fully saturated rings. The van der Waals surface area contributed by atoms with Crippen molar-refractivity contribution in [3.63, 3.8) is 0 Å². The highest BCUT2D eigenvalue weighted by atomic mass is 79.9. The first-order valence-electron chi connectivity index (χ1n) is 17.6. The summed E-state index contributed by atoms with van der Waals surface area (Å²) in [6, 6.07) is 28.2. The number of anilines is 1. The van der Waals surface area contributed by atoms with Crippen LogP contribution in [-0.4, -0.2) is 62.9 Å². The summed E-state index contributed by atoms with van der Waals surface area (Å²) >= 11 is 6.64. The van der Waals surface area contributed by atoms with E-state index in [0.717, 1.165) is 28.4 Å². The maximum absolute atomic E-state index is 12.7. The molecule has 2 saturated heterocycles. The lowest BCUT2D eigenvalue weighted by Gasteiger charge is -2.23. The third kappa shape index (κ3) is 11.6. The minimum atomic E-state index is -0.660. The van der Waals surface area contributed by atoms with Crippen LogP contribution in [0.1, 0.15) is 59.0 Å². The molecule has 3 heterocycles. The van der Waals surface area contributed by atoms with Crippen LogP contribution in [-0.2, 0) is 27.5 Å². The van der Waals surface area contributed by atoms with Crippen LogP contribution in [0, 0.1) is 0 Å². The molecule has 0 spiro atoms. The molecule has 0 aliphatic carbocycles. The highest BCUT2D eigenvalue weighted by molar-refractivity contribution is 9.10. The molecule has 57 heavy (non-hydrogen) atoms. The summed E-state index contributed by atoms with van der Waals surface area (Å²) in [7, 11) is 0. The molecule has 2 aliphatic heterocycles. The summed E-state index contributed by atoms with van der Waals surface area (Å²) in [4.78, 5) is 72.3. The van der Waals surface area contributed by atoms with Crippen molar-refractivity contribution in [2.75, 3.05) is 18.4 Å². The van der Waals surface area contributed by atoms with E-state index in [0.29, 0.717) is 52.8 Å². The van der Waals surface area contributed by atoms with Gasteiger partial charge in [-0.05, 0) is 73.2 Å². The zero-order chi connectivity index (χ0) is 38.9. The van der Waals surface area contributed by atoms with Gasteiger partial charge < -0.3 is 25.5 Å². The van der Waals surface area contributed by atoms with Gasteiger partial charge in [0, 0.05) is 22.0 Å². The summed E-state index contributed by atoms with van der Waals surface area (Å²) in [6.45, 7) is 1.39. The maximum Gasteiger partial charge on any atom is 0.410 e. The van der Waals surface area contributed by atoms with E-state index in [4.69, 9.17) is 15.2 Å². The number of carbonyl (C=O) groups excluding carboxylic acids is 4. The van der Waals surface area contributed by atoms with Crippen molar-refractivity contribution in [3.8, 4) is 0 Å². The van der Waals surface area contributed by atoms with Crippen molar-refractivity contribution in [2.24, 2.45) is 5.73 Å². The Kier molecular flexibility index (Phi) is 16.6. The monoisotopic (exact) mass is 940 g/mol. The van der Waals surface area contributed by atoms with Crippen molar-refractivity contribution in [1.29, 1.82) is 0 Å². The second kappa shape index (κ2) is 21.1. The van der Waals surface area contributed by atoms with Crippen LogP contribution < -0.4 is 16.6 Å². The topological polar surface area (TPSA) is 177 Å². The SMILES string of the molecule is NC(=O)c1cc(Br)ccc1NC(=O)[C@@H]1CCCN1C(=O)OCc1ccccc1.O=C(OCc1ccccc1)N1CCC[C@H]1c1nc2ccc(Br)cc2c(=O)[nH]1.S.S. The summed E-state index contributed by atoms with van der Waals surface area (Å²) in [6.07, 6.45) is 1.88. The lowest BCUT2D eigenvalue weighted by Crippen LogP contribution is -2.43. The Morgan fingerprint density at radius 1 is 0.772 bits per heavy atom. The molecule has 300 valence electrons. The summed E-state index contributed by atoms with van der Waals surface area (Å²) in [5.41, 5.74) is 8.10. The lowest BCUT2D eigenvalue weighted by molar-refractivity contribution is -0.120. The number of halogens is 2. The fraction of sp³-hybridized carbons (Fsp3) is 0.250. The van der Waals surface area contributed by atoms with E-state index in [1.54, 1.807) is 35.2 Å². The molecule has 13 nitrogen and oxygen atoms in total. The molecule has 0 saturated carbocycles. The number of fused-ring (bicyclic) bond motifs is 1. The quantitative estimate of drug-likeness (QED) is 0.142. The predicted molar refractivity (Wildman–Crippen MR) is 234 cm³/mol. The standard InChI is InChI=1S/C20H20BrN3O4.C20H18BrN3O3.2H2S/c21-14-8-9-16(15(11-14)18(22)25)23-19(26)17-7-4-10-24(17)20(27)28-12-13-5-2-1-3-6-13;21-14-8-9-16-15(11-14)19(25)23-18(22-16)17-7-4-10-24(17)20(26)27-12-13-5-2-1-3-6-13;;/h1-3,5-6,8-9,11,17H,4,7,10,12H2,(H2,22,25)(H,23,26);1-3,5-6,8-9,11,17H,4,7,10,12H2,(H,22,23,25);2*1H2/t2*17-;;/m00../s1. The molecular weight excluding hydrogens is 900 g/mol. The number of aromatic nitrogens is 2. The zero-order valence-electron chi connectivity index (χ0n) is 30.6. The molecule has 0 unspecified atom stereocenters. The second-order valence-electron chi connectivity index (χ2n) is 12.9. The summed E-state index contributed by atoms with van der Waals surface area (Å²) < 4.78 is 12.3. The number of amides is 4. The van der Waals surface area contributed by atoms with Crippen molar-refractivity contribution in [3.05, 3.63) is 139 Å². The highest BCUT2D eigenvalue weighted by Gasteiger charge is 2.36. The normalized spacial score (nSPS) is 15.7. The average molecular weight is 943 g/mol.